The minimum atomic E-state index is -0.773. The smallest absolute Gasteiger partial charge is 0.324 e. The number of aryl methyl sites for hydroxylation is 1. The average Bonchev–Trinajstić information content (AvgIpc) is 3.71. The molecule has 0 aliphatic carbocycles. The molecule has 3 aromatic heterocycles. The SMILES string of the molecule is CCn1c(-c2cc(N3CCN(C)CC3)cnc2C(C)C)c2c3cc(ccc31)-c1csc(n1)C[C@H](N)C(=O)N1CCC[C@H](N1)C(=O)OCC(C)(C)C2. The number of likely N-dealkylation sites (N-methyl/N-ethyl adjacent to an activating group) is 1. The van der Waals surface area contributed by atoms with Gasteiger partial charge >= 0.3 is 5.97 Å². The fraction of sp³-hybridized carbons (Fsp3) is 0.538. The van der Waals surface area contributed by atoms with Crippen LogP contribution in [0, 0.1) is 5.41 Å². The molecular formula is C39H52N8O3S. The Morgan fingerprint density at radius 3 is 2.65 bits per heavy atom. The minimum absolute atomic E-state index is 0.218. The van der Waals surface area contributed by atoms with E-state index in [2.05, 4.69) is 97.3 Å². The molecule has 1 amide bonds. The second kappa shape index (κ2) is 14.3. The highest BCUT2D eigenvalue weighted by molar-refractivity contribution is 7.10. The van der Waals surface area contributed by atoms with Crippen molar-refractivity contribution >= 4 is 39.8 Å². The summed E-state index contributed by atoms with van der Waals surface area (Å²) < 4.78 is 8.50. The van der Waals surface area contributed by atoms with E-state index in [0.717, 1.165) is 76.8 Å². The van der Waals surface area contributed by atoms with Crippen molar-refractivity contribution in [2.24, 2.45) is 11.1 Å². The molecule has 3 N–H and O–H groups in total. The van der Waals surface area contributed by atoms with E-state index < -0.39 is 17.5 Å². The van der Waals surface area contributed by atoms with Crippen LogP contribution in [0.1, 0.15) is 69.6 Å². The number of hydrazine groups is 1. The van der Waals surface area contributed by atoms with Gasteiger partial charge in [-0.05, 0) is 62.9 Å². The van der Waals surface area contributed by atoms with Crippen LogP contribution in [-0.2, 0) is 33.7 Å². The van der Waals surface area contributed by atoms with Gasteiger partial charge in [-0.3, -0.25) is 19.6 Å². The zero-order valence-electron chi connectivity index (χ0n) is 30.9. The lowest BCUT2D eigenvalue weighted by Gasteiger charge is -2.35. The Morgan fingerprint density at radius 1 is 1.12 bits per heavy atom. The normalized spacial score (nSPS) is 22.0. The van der Waals surface area contributed by atoms with Crippen LogP contribution < -0.4 is 16.1 Å². The van der Waals surface area contributed by atoms with Crippen molar-refractivity contribution in [1.29, 1.82) is 0 Å². The number of benzene rings is 1. The molecule has 2 fully saturated rings. The van der Waals surface area contributed by atoms with E-state index in [-0.39, 0.29) is 24.4 Å². The highest BCUT2D eigenvalue weighted by Crippen LogP contribution is 2.43. The van der Waals surface area contributed by atoms with Gasteiger partial charge in [-0.25, -0.2) is 10.4 Å². The number of ether oxygens (including phenoxy) is 1. The summed E-state index contributed by atoms with van der Waals surface area (Å²) in [5.74, 6) is -0.364. The highest BCUT2D eigenvalue weighted by Gasteiger charge is 2.34. The van der Waals surface area contributed by atoms with Gasteiger partial charge in [0.25, 0.3) is 5.91 Å². The number of carbonyl (C=O) groups is 2. The van der Waals surface area contributed by atoms with Gasteiger partial charge in [0.05, 0.1) is 46.6 Å². The van der Waals surface area contributed by atoms with Crippen molar-refractivity contribution in [1.82, 2.24) is 29.9 Å². The lowest BCUT2D eigenvalue weighted by atomic mass is 9.84. The first-order valence-corrected chi connectivity index (χ1v) is 19.3. The molecule has 12 heteroatoms. The fourth-order valence-electron chi connectivity index (χ4n) is 7.77. The molecule has 6 heterocycles. The summed E-state index contributed by atoms with van der Waals surface area (Å²) in [6.45, 7) is 16.5. The predicted molar refractivity (Wildman–Crippen MR) is 204 cm³/mol. The van der Waals surface area contributed by atoms with E-state index in [4.69, 9.17) is 20.4 Å². The number of fused-ring (bicyclic) bond motifs is 6. The van der Waals surface area contributed by atoms with Gasteiger partial charge in [0.1, 0.15) is 6.04 Å². The lowest BCUT2D eigenvalue weighted by molar-refractivity contribution is -0.154. The Balaban J connectivity index is 1.39. The first kappa shape index (κ1) is 35.6. The Kier molecular flexibility index (Phi) is 9.96. The molecule has 3 aliphatic rings. The number of piperazine rings is 1. The van der Waals surface area contributed by atoms with Gasteiger partial charge < -0.3 is 24.8 Å². The molecule has 0 spiro atoms. The van der Waals surface area contributed by atoms with Gasteiger partial charge in [-0.2, -0.15) is 0 Å². The minimum Gasteiger partial charge on any atom is -0.464 e. The molecule has 0 radical (unpaired) electrons. The van der Waals surface area contributed by atoms with E-state index in [1.54, 1.807) is 0 Å². The maximum absolute atomic E-state index is 13.5. The topological polar surface area (TPSA) is 122 Å². The molecule has 6 bridgehead atoms. The molecule has 0 unspecified atom stereocenters. The summed E-state index contributed by atoms with van der Waals surface area (Å²) >= 11 is 1.52. The number of esters is 1. The number of thiazole rings is 1. The largest absolute Gasteiger partial charge is 0.464 e. The van der Waals surface area contributed by atoms with Crippen LogP contribution in [-0.4, -0.2) is 94.8 Å². The third-order valence-electron chi connectivity index (χ3n) is 10.6. The number of cyclic esters (lactones) is 1. The summed E-state index contributed by atoms with van der Waals surface area (Å²) in [5.41, 5.74) is 18.0. The molecule has 7 rings (SSSR count). The average molecular weight is 713 g/mol. The van der Waals surface area contributed by atoms with E-state index >= 15 is 0 Å². The van der Waals surface area contributed by atoms with Gasteiger partial charge in [0.15, 0.2) is 0 Å². The van der Waals surface area contributed by atoms with Crippen molar-refractivity contribution in [2.75, 3.05) is 51.3 Å². The number of nitrogens with two attached hydrogens (primary N) is 1. The molecular weight excluding hydrogens is 661 g/mol. The van der Waals surface area contributed by atoms with Crippen LogP contribution in [0.3, 0.4) is 0 Å². The molecule has 272 valence electrons. The Labute approximate surface area is 305 Å². The van der Waals surface area contributed by atoms with E-state index in [9.17, 15) is 9.59 Å². The molecule has 0 saturated carbocycles. The number of pyridine rings is 1. The number of carbonyl (C=O) groups excluding carboxylic acids is 2. The first-order chi connectivity index (χ1) is 24.4. The molecule has 51 heavy (non-hydrogen) atoms. The number of amides is 1. The number of nitrogens with zero attached hydrogens (tertiary/aromatic N) is 6. The van der Waals surface area contributed by atoms with Crippen LogP contribution in [0.25, 0.3) is 33.4 Å². The van der Waals surface area contributed by atoms with Crippen molar-refractivity contribution in [3.05, 3.63) is 52.1 Å². The first-order valence-electron chi connectivity index (χ1n) is 18.5. The number of anilines is 1. The molecule has 3 aliphatic heterocycles. The van der Waals surface area contributed by atoms with Crippen LogP contribution >= 0.6 is 11.3 Å². The molecule has 4 aromatic rings. The Bertz CT molecular complexity index is 1920. The maximum Gasteiger partial charge on any atom is 0.324 e. The van der Waals surface area contributed by atoms with Gasteiger partial charge in [-0.15, -0.1) is 11.3 Å². The zero-order chi connectivity index (χ0) is 36.0. The Hall–Kier alpha value is -3.84. The van der Waals surface area contributed by atoms with Crippen LogP contribution in [0.15, 0.2) is 35.8 Å². The van der Waals surface area contributed by atoms with Crippen LogP contribution in [0.5, 0.6) is 0 Å². The zero-order valence-corrected chi connectivity index (χ0v) is 31.7. The number of aromatic nitrogens is 3. The fourth-order valence-corrected chi connectivity index (χ4v) is 8.64. The Morgan fingerprint density at radius 2 is 1.90 bits per heavy atom. The van der Waals surface area contributed by atoms with Crippen molar-refractivity contribution in [3.63, 3.8) is 0 Å². The van der Waals surface area contributed by atoms with E-state index in [1.807, 2.05) is 0 Å². The van der Waals surface area contributed by atoms with Crippen LogP contribution in [0.2, 0.25) is 0 Å². The second-order valence-electron chi connectivity index (χ2n) is 15.6. The predicted octanol–water partition coefficient (Wildman–Crippen LogP) is 5.21. The van der Waals surface area contributed by atoms with E-state index in [0.29, 0.717) is 32.2 Å². The number of rotatable bonds is 4. The quantitative estimate of drug-likeness (QED) is 0.275. The van der Waals surface area contributed by atoms with E-state index in [1.165, 1.54) is 27.6 Å². The monoisotopic (exact) mass is 712 g/mol. The standard InChI is InChI=1S/C39H52N8O3S/c1-7-46-33-11-10-25-17-27(33)29(36(46)28-18-26(21-41-35(28)24(2)3)45-15-13-44(6)14-16-45)20-39(4,5)23-50-38(49)31-9-8-12-47(43-31)37(48)30(40)19-34-42-32(25)22-51-34/h10-11,17-18,21-22,24,30-31,43H,7-9,12-16,19-20,23,40H2,1-6H3/t30-,31-/m0/s1. The van der Waals surface area contributed by atoms with Gasteiger partial charge in [0.2, 0.25) is 0 Å². The van der Waals surface area contributed by atoms with Crippen molar-refractivity contribution in [3.8, 4) is 22.5 Å². The summed E-state index contributed by atoms with van der Waals surface area (Å²) in [7, 11) is 2.18. The molecule has 11 nitrogen and oxygen atoms in total. The van der Waals surface area contributed by atoms with Gasteiger partial charge in [-0.1, -0.05) is 33.8 Å². The molecule has 2 saturated heterocycles. The van der Waals surface area contributed by atoms with Crippen molar-refractivity contribution in [2.45, 2.75) is 84.8 Å². The molecule has 1 aromatic carbocycles. The maximum atomic E-state index is 13.5. The summed E-state index contributed by atoms with van der Waals surface area (Å²) in [5, 5.41) is 5.53. The highest BCUT2D eigenvalue weighted by atomic mass is 32.1. The second-order valence-corrected chi connectivity index (χ2v) is 16.5. The summed E-state index contributed by atoms with van der Waals surface area (Å²) in [6, 6.07) is 7.62. The third-order valence-corrected chi connectivity index (χ3v) is 11.5. The number of hydrogen-bond acceptors (Lipinski definition) is 10. The number of hydrogen-bond donors (Lipinski definition) is 2. The summed E-state index contributed by atoms with van der Waals surface area (Å²) in [6.07, 6.45) is 4.34. The number of nitrogens with one attached hydrogen (secondary N) is 1. The van der Waals surface area contributed by atoms with Crippen LogP contribution in [0.4, 0.5) is 5.69 Å². The third kappa shape index (κ3) is 7.16. The summed E-state index contributed by atoms with van der Waals surface area (Å²) in [4.78, 5) is 41.8. The molecule has 2 atom stereocenters. The lowest BCUT2D eigenvalue weighted by Crippen LogP contribution is -2.59. The van der Waals surface area contributed by atoms with Crippen molar-refractivity contribution < 1.29 is 14.3 Å². The van der Waals surface area contributed by atoms with Gasteiger partial charge in [0, 0.05) is 78.5 Å².